The Morgan fingerprint density at radius 2 is 1.79 bits per heavy atom. The molecule has 0 radical (unpaired) electrons. The number of carbonyl (C=O) groups excluding carboxylic acids is 2. The van der Waals surface area contributed by atoms with Gasteiger partial charge in [0, 0.05) is 28.7 Å². The average molecular weight is 472 g/mol. The molecule has 4 rings (SSSR count). The Kier molecular flexibility index (Phi) is 6.62. The molecule has 6 nitrogen and oxygen atoms in total. The number of nitrogens with zero attached hydrogens (tertiary/aromatic N) is 3. The lowest BCUT2D eigenvalue weighted by atomic mass is 10.1. The van der Waals surface area contributed by atoms with Gasteiger partial charge >= 0.3 is 0 Å². The van der Waals surface area contributed by atoms with E-state index in [9.17, 15) is 14.9 Å². The second-order valence-electron chi connectivity index (χ2n) is 8.36. The van der Waals surface area contributed by atoms with Crippen molar-refractivity contribution in [2.24, 2.45) is 0 Å². The fraction of sp³-hybridized carbons (Fsp3) is 0.222. The first kappa shape index (κ1) is 23.4. The van der Waals surface area contributed by atoms with E-state index in [2.05, 4.69) is 10.6 Å². The number of ether oxygens (including phenoxy) is 1. The molecule has 2 heterocycles. The van der Waals surface area contributed by atoms with Crippen LogP contribution < -0.4 is 4.74 Å². The number of imide groups is 1. The van der Waals surface area contributed by atoms with Crippen molar-refractivity contribution < 1.29 is 14.3 Å². The van der Waals surface area contributed by atoms with Crippen LogP contribution in [0.25, 0.3) is 11.8 Å². The third-order valence-electron chi connectivity index (χ3n) is 5.72. The van der Waals surface area contributed by atoms with Gasteiger partial charge in [0.05, 0.1) is 16.5 Å². The zero-order valence-electron chi connectivity index (χ0n) is 19.5. The summed E-state index contributed by atoms with van der Waals surface area (Å²) < 4.78 is 7.99. The zero-order valence-corrected chi connectivity index (χ0v) is 20.3. The first-order valence-electron chi connectivity index (χ1n) is 11.0. The highest BCUT2D eigenvalue weighted by atomic mass is 32.2. The highest BCUT2D eigenvalue weighted by Gasteiger charge is 2.36. The first-order chi connectivity index (χ1) is 16.3. The molecule has 1 saturated heterocycles. The minimum atomic E-state index is -0.241. The molecule has 1 aliphatic heterocycles. The molecule has 172 valence electrons. The van der Waals surface area contributed by atoms with Crippen LogP contribution in [0.15, 0.2) is 59.5 Å². The van der Waals surface area contributed by atoms with E-state index in [4.69, 9.17) is 4.74 Å². The van der Waals surface area contributed by atoms with E-state index >= 15 is 0 Å². The standard InChI is InChI=1S/C27H25N3O3S/c1-17(2)29-26(31)25(34-27(29)32)14-22-13-18(3)30(19(22)4)23-9-11-24(12-10-23)33-16-21-8-6-5-7-20(21)15-28/h5-14,17H,16H2,1-4H3/b25-14+. The van der Waals surface area contributed by atoms with Crippen molar-refractivity contribution in [3.05, 3.63) is 87.6 Å². The summed E-state index contributed by atoms with van der Waals surface area (Å²) in [5, 5.41) is 9.01. The third-order valence-corrected chi connectivity index (χ3v) is 6.61. The van der Waals surface area contributed by atoms with E-state index in [0.717, 1.165) is 40.0 Å². The molecule has 0 N–H and O–H groups in total. The third kappa shape index (κ3) is 4.50. The second-order valence-corrected chi connectivity index (χ2v) is 9.35. The normalized spacial score (nSPS) is 14.8. The SMILES string of the molecule is Cc1cc(/C=C2/SC(=O)N(C(C)C)C2=O)c(C)n1-c1ccc(OCc2ccccc2C#N)cc1. The Hall–Kier alpha value is -3.76. The van der Waals surface area contributed by atoms with Crippen molar-refractivity contribution in [3.8, 4) is 17.5 Å². The van der Waals surface area contributed by atoms with E-state index in [-0.39, 0.29) is 17.2 Å². The van der Waals surface area contributed by atoms with Crippen LogP contribution in [0.2, 0.25) is 0 Å². The van der Waals surface area contributed by atoms with Gasteiger partial charge in [-0.2, -0.15) is 5.26 Å². The molecular formula is C27H25N3O3S. The number of nitriles is 1. The monoisotopic (exact) mass is 471 g/mol. The van der Waals surface area contributed by atoms with Crippen molar-refractivity contribution >= 4 is 29.0 Å². The molecule has 7 heteroatoms. The number of rotatable bonds is 6. The molecule has 0 unspecified atom stereocenters. The van der Waals surface area contributed by atoms with Gasteiger partial charge in [0.15, 0.2) is 0 Å². The van der Waals surface area contributed by atoms with Crippen LogP contribution in [0.3, 0.4) is 0 Å². The summed E-state index contributed by atoms with van der Waals surface area (Å²) in [4.78, 5) is 26.6. The van der Waals surface area contributed by atoms with Gasteiger partial charge in [-0.3, -0.25) is 14.5 Å². The zero-order chi connectivity index (χ0) is 24.4. The van der Waals surface area contributed by atoms with Crippen molar-refractivity contribution in [2.75, 3.05) is 0 Å². The van der Waals surface area contributed by atoms with E-state index in [1.54, 1.807) is 12.1 Å². The summed E-state index contributed by atoms with van der Waals surface area (Å²) >= 11 is 0.985. The van der Waals surface area contributed by atoms with Gasteiger partial charge < -0.3 is 9.30 Å². The topological polar surface area (TPSA) is 75.3 Å². The Balaban J connectivity index is 1.54. The first-order valence-corrected chi connectivity index (χ1v) is 11.8. The molecule has 1 aromatic heterocycles. The van der Waals surface area contributed by atoms with Crippen LogP contribution in [0, 0.1) is 25.2 Å². The number of thioether (sulfide) groups is 1. The smallest absolute Gasteiger partial charge is 0.293 e. The lowest BCUT2D eigenvalue weighted by Crippen LogP contribution is -2.34. The molecule has 0 aliphatic carbocycles. The minimum Gasteiger partial charge on any atom is -0.489 e. The fourth-order valence-electron chi connectivity index (χ4n) is 4.01. The van der Waals surface area contributed by atoms with Crippen LogP contribution in [0.4, 0.5) is 4.79 Å². The number of aromatic nitrogens is 1. The van der Waals surface area contributed by atoms with Crippen molar-refractivity contribution in [1.29, 1.82) is 5.26 Å². The summed E-state index contributed by atoms with van der Waals surface area (Å²) in [7, 11) is 0. The van der Waals surface area contributed by atoms with Crippen molar-refractivity contribution in [3.63, 3.8) is 0 Å². The highest BCUT2D eigenvalue weighted by molar-refractivity contribution is 8.18. The summed E-state index contributed by atoms with van der Waals surface area (Å²) in [6.45, 7) is 7.99. The number of hydrogen-bond acceptors (Lipinski definition) is 5. The van der Waals surface area contributed by atoms with Crippen molar-refractivity contribution in [2.45, 2.75) is 40.3 Å². The maximum absolute atomic E-state index is 12.7. The predicted octanol–water partition coefficient (Wildman–Crippen LogP) is 5.99. The van der Waals surface area contributed by atoms with E-state index in [1.165, 1.54) is 4.90 Å². The quantitative estimate of drug-likeness (QED) is 0.413. The molecule has 0 atom stereocenters. The molecule has 1 fully saturated rings. The summed E-state index contributed by atoms with van der Waals surface area (Å²) in [5.74, 6) is 0.468. The van der Waals surface area contributed by atoms with Gasteiger partial charge in [-0.15, -0.1) is 0 Å². The molecule has 2 amide bonds. The predicted molar refractivity (Wildman–Crippen MR) is 134 cm³/mol. The molecule has 1 aliphatic rings. The molecule has 0 bridgehead atoms. The minimum absolute atomic E-state index is 0.167. The summed E-state index contributed by atoms with van der Waals surface area (Å²) in [6, 6.07) is 19.2. The van der Waals surface area contributed by atoms with Gasteiger partial charge in [-0.05, 0) is 87.5 Å². The molecule has 2 aromatic carbocycles. The highest BCUT2D eigenvalue weighted by Crippen LogP contribution is 2.35. The summed E-state index contributed by atoms with van der Waals surface area (Å²) in [6.07, 6.45) is 1.80. The largest absolute Gasteiger partial charge is 0.489 e. The van der Waals surface area contributed by atoms with Gasteiger partial charge in [-0.25, -0.2) is 0 Å². The number of hydrogen-bond donors (Lipinski definition) is 0. The number of carbonyl (C=O) groups is 2. The Morgan fingerprint density at radius 3 is 2.44 bits per heavy atom. The Bertz CT molecular complexity index is 1330. The van der Waals surface area contributed by atoms with Gasteiger partial charge in [0.2, 0.25) is 0 Å². The van der Waals surface area contributed by atoms with Crippen molar-refractivity contribution in [1.82, 2.24) is 9.47 Å². The maximum atomic E-state index is 12.7. The molecule has 3 aromatic rings. The Labute approximate surface area is 203 Å². The molecule has 0 spiro atoms. The van der Waals surface area contributed by atoms with Crippen LogP contribution in [0.5, 0.6) is 5.75 Å². The number of benzene rings is 2. The second kappa shape index (κ2) is 9.62. The molecule has 34 heavy (non-hydrogen) atoms. The number of amides is 2. The van der Waals surface area contributed by atoms with E-state index < -0.39 is 0 Å². The molecular weight excluding hydrogens is 446 g/mol. The van der Waals surface area contributed by atoms with Crippen LogP contribution in [-0.4, -0.2) is 26.7 Å². The lowest BCUT2D eigenvalue weighted by Gasteiger charge is -2.16. The van der Waals surface area contributed by atoms with E-state index in [1.807, 2.05) is 76.2 Å². The molecule has 0 saturated carbocycles. The lowest BCUT2D eigenvalue weighted by molar-refractivity contribution is -0.123. The number of aryl methyl sites for hydroxylation is 1. The van der Waals surface area contributed by atoms with Crippen LogP contribution in [0.1, 0.15) is 41.9 Å². The summed E-state index contributed by atoms with van der Waals surface area (Å²) in [5.41, 5.74) is 5.32. The van der Waals surface area contributed by atoms with E-state index in [0.29, 0.717) is 22.8 Å². The average Bonchev–Trinajstić information content (AvgIpc) is 3.26. The Morgan fingerprint density at radius 1 is 1.09 bits per heavy atom. The van der Waals surface area contributed by atoms with Crippen LogP contribution in [-0.2, 0) is 11.4 Å². The van der Waals surface area contributed by atoms with Gasteiger partial charge in [0.25, 0.3) is 11.1 Å². The van der Waals surface area contributed by atoms with Gasteiger partial charge in [0.1, 0.15) is 12.4 Å². The van der Waals surface area contributed by atoms with Gasteiger partial charge in [-0.1, -0.05) is 18.2 Å². The fourth-order valence-corrected chi connectivity index (χ4v) is 4.96. The van der Waals surface area contributed by atoms with Crippen LogP contribution >= 0.6 is 11.8 Å². The maximum Gasteiger partial charge on any atom is 0.293 e.